The Labute approximate surface area is 58.6 Å². The molecule has 0 aliphatic heterocycles. The fourth-order valence-electron chi connectivity index (χ4n) is 0.661. The number of hydrogen-bond acceptors (Lipinski definition) is 1. The van der Waals surface area contributed by atoms with Crippen LogP contribution in [0.2, 0.25) is 0 Å². The maximum Gasteiger partial charge on any atom is 0.00971 e. The van der Waals surface area contributed by atoms with Crippen LogP contribution in [-0.2, 0) is 0 Å². The van der Waals surface area contributed by atoms with Crippen molar-refractivity contribution in [2.75, 3.05) is 0 Å². The summed E-state index contributed by atoms with van der Waals surface area (Å²) in [5, 5.41) is 0. The third-order valence-corrected chi connectivity index (χ3v) is 1.37. The van der Waals surface area contributed by atoms with Crippen molar-refractivity contribution in [2.24, 2.45) is 11.7 Å². The third-order valence-electron chi connectivity index (χ3n) is 1.37. The van der Waals surface area contributed by atoms with Crippen molar-refractivity contribution in [1.29, 1.82) is 0 Å². The van der Waals surface area contributed by atoms with Crippen LogP contribution in [0.25, 0.3) is 0 Å². The summed E-state index contributed by atoms with van der Waals surface area (Å²) >= 11 is 0. The first kappa shape index (κ1) is 8.96. The Morgan fingerprint density at radius 1 is 1.33 bits per heavy atom. The fraction of sp³-hybridized carbons (Fsp3) is 1.00. The summed E-state index contributed by atoms with van der Waals surface area (Å²) in [7, 11) is 0. The monoisotopic (exact) mass is 129 g/mol. The van der Waals surface area contributed by atoms with Gasteiger partial charge in [-0.1, -0.05) is 13.8 Å². The Morgan fingerprint density at radius 2 is 1.78 bits per heavy atom. The molecule has 1 nitrogen and oxygen atoms in total. The zero-order valence-electron chi connectivity index (χ0n) is 7.07. The highest BCUT2D eigenvalue weighted by molar-refractivity contribution is 4.71. The second-order valence-corrected chi connectivity index (χ2v) is 3.92. The average molecular weight is 129 g/mol. The Kier molecular flexibility index (Phi) is 3.20. The highest BCUT2D eigenvalue weighted by Crippen LogP contribution is 2.12. The topological polar surface area (TPSA) is 26.0 Å². The lowest BCUT2D eigenvalue weighted by Crippen LogP contribution is -2.31. The molecule has 0 atom stereocenters. The van der Waals surface area contributed by atoms with Gasteiger partial charge in [-0.15, -0.1) is 0 Å². The van der Waals surface area contributed by atoms with E-state index in [2.05, 4.69) is 27.7 Å². The Morgan fingerprint density at radius 3 is 1.89 bits per heavy atom. The van der Waals surface area contributed by atoms with Gasteiger partial charge in [0.25, 0.3) is 0 Å². The predicted molar refractivity (Wildman–Crippen MR) is 42.3 cm³/mol. The van der Waals surface area contributed by atoms with E-state index in [1.54, 1.807) is 0 Å². The second-order valence-electron chi connectivity index (χ2n) is 3.92. The Bertz CT molecular complexity index is 69.1. The zero-order valence-corrected chi connectivity index (χ0v) is 7.07. The molecule has 0 aliphatic carbocycles. The van der Waals surface area contributed by atoms with Crippen LogP contribution in [-0.4, -0.2) is 5.54 Å². The molecule has 0 spiro atoms. The van der Waals surface area contributed by atoms with Crippen LogP contribution in [0.5, 0.6) is 0 Å². The van der Waals surface area contributed by atoms with Gasteiger partial charge in [0.2, 0.25) is 0 Å². The SMILES string of the molecule is CC(C)CCC(C)(C)N. The van der Waals surface area contributed by atoms with Crippen LogP contribution in [0.4, 0.5) is 0 Å². The summed E-state index contributed by atoms with van der Waals surface area (Å²) in [5.41, 5.74) is 5.82. The molecular formula is C8H19N. The highest BCUT2D eigenvalue weighted by Gasteiger charge is 2.10. The van der Waals surface area contributed by atoms with Crippen LogP contribution in [0.1, 0.15) is 40.5 Å². The van der Waals surface area contributed by atoms with Crippen molar-refractivity contribution in [2.45, 2.75) is 46.1 Å². The first-order valence-electron chi connectivity index (χ1n) is 3.71. The van der Waals surface area contributed by atoms with Crippen molar-refractivity contribution in [3.63, 3.8) is 0 Å². The van der Waals surface area contributed by atoms with Gasteiger partial charge in [-0.25, -0.2) is 0 Å². The Balaban J connectivity index is 3.28. The van der Waals surface area contributed by atoms with Gasteiger partial charge in [0.05, 0.1) is 0 Å². The van der Waals surface area contributed by atoms with E-state index < -0.39 is 0 Å². The summed E-state index contributed by atoms with van der Waals surface area (Å²) in [4.78, 5) is 0. The standard InChI is InChI=1S/C8H19N/c1-7(2)5-6-8(3,4)9/h7H,5-6,9H2,1-4H3. The molecule has 0 unspecified atom stereocenters. The van der Waals surface area contributed by atoms with Crippen LogP contribution < -0.4 is 5.73 Å². The molecule has 0 bridgehead atoms. The van der Waals surface area contributed by atoms with E-state index in [4.69, 9.17) is 5.73 Å². The van der Waals surface area contributed by atoms with Crippen molar-refractivity contribution in [1.82, 2.24) is 0 Å². The quantitative estimate of drug-likeness (QED) is 0.621. The number of hydrogen-bond donors (Lipinski definition) is 1. The van der Waals surface area contributed by atoms with Gasteiger partial charge in [0.1, 0.15) is 0 Å². The fourth-order valence-corrected chi connectivity index (χ4v) is 0.661. The van der Waals surface area contributed by atoms with Crippen molar-refractivity contribution in [3.05, 3.63) is 0 Å². The molecular weight excluding hydrogens is 110 g/mol. The largest absolute Gasteiger partial charge is 0.326 e. The van der Waals surface area contributed by atoms with Gasteiger partial charge in [-0.2, -0.15) is 0 Å². The van der Waals surface area contributed by atoms with E-state index >= 15 is 0 Å². The summed E-state index contributed by atoms with van der Waals surface area (Å²) in [5.74, 6) is 0.785. The molecule has 0 amide bonds. The maximum absolute atomic E-state index is 5.78. The van der Waals surface area contributed by atoms with E-state index in [0.717, 1.165) is 12.3 Å². The number of rotatable bonds is 3. The third kappa shape index (κ3) is 7.96. The molecule has 9 heavy (non-hydrogen) atoms. The highest BCUT2D eigenvalue weighted by atomic mass is 14.7. The molecule has 56 valence electrons. The van der Waals surface area contributed by atoms with Crippen molar-refractivity contribution in [3.8, 4) is 0 Å². The van der Waals surface area contributed by atoms with Crippen molar-refractivity contribution >= 4 is 0 Å². The Hall–Kier alpha value is -0.0400. The van der Waals surface area contributed by atoms with E-state index in [-0.39, 0.29) is 5.54 Å². The van der Waals surface area contributed by atoms with Gasteiger partial charge >= 0.3 is 0 Å². The van der Waals surface area contributed by atoms with E-state index in [1.165, 1.54) is 6.42 Å². The van der Waals surface area contributed by atoms with Gasteiger partial charge in [-0.3, -0.25) is 0 Å². The minimum atomic E-state index is 0.0320. The minimum Gasteiger partial charge on any atom is -0.326 e. The molecule has 0 fully saturated rings. The maximum atomic E-state index is 5.78. The lowest BCUT2D eigenvalue weighted by atomic mass is 9.95. The molecule has 0 rings (SSSR count). The van der Waals surface area contributed by atoms with E-state index in [0.29, 0.717) is 0 Å². The smallest absolute Gasteiger partial charge is 0.00971 e. The predicted octanol–water partition coefficient (Wildman–Crippen LogP) is 2.16. The first-order valence-corrected chi connectivity index (χ1v) is 3.71. The molecule has 0 aromatic rings. The molecule has 0 saturated heterocycles. The first-order chi connectivity index (χ1) is 3.92. The van der Waals surface area contributed by atoms with Gasteiger partial charge in [-0.05, 0) is 32.6 Å². The van der Waals surface area contributed by atoms with Crippen LogP contribution in [0, 0.1) is 5.92 Å². The normalized spacial score (nSPS) is 12.7. The molecule has 1 heteroatoms. The van der Waals surface area contributed by atoms with Gasteiger partial charge < -0.3 is 5.73 Å². The number of nitrogens with two attached hydrogens (primary N) is 1. The molecule has 0 aromatic heterocycles. The molecule has 0 aromatic carbocycles. The van der Waals surface area contributed by atoms with Crippen molar-refractivity contribution < 1.29 is 0 Å². The van der Waals surface area contributed by atoms with E-state index in [1.807, 2.05) is 0 Å². The molecule has 0 saturated carbocycles. The summed E-state index contributed by atoms with van der Waals surface area (Å²) in [6, 6.07) is 0. The van der Waals surface area contributed by atoms with Gasteiger partial charge in [0, 0.05) is 5.54 Å². The summed E-state index contributed by atoms with van der Waals surface area (Å²) in [6.45, 7) is 8.61. The lowest BCUT2D eigenvalue weighted by molar-refractivity contribution is 0.414. The summed E-state index contributed by atoms with van der Waals surface area (Å²) < 4.78 is 0. The summed E-state index contributed by atoms with van der Waals surface area (Å²) in [6.07, 6.45) is 2.37. The van der Waals surface area contributed by atoms with Crippen LogP contribution in [0.3, 0.4) is 0 Å². The van der Waals surface area contributed by atoms with Gasteiger partial charge in [0.15, 0.2) is 0 Å². The zero-order chi connectivity index (χ0) is 7.49. The van der Waals surface area contributed by atoms with E-state index in [9.17, 15) is 0 Å². The molecule has 0 heterocycles. The second kappa shape index (κ2) is 3.21. The molecule has 0 radical (unpaired) electrons. The molecule has 0 aliphatic rings. The van der Waals surface area contributed by atoms with Crippen LogP contribution in [0.15, 0.2) is 0 Å². The lowest BCUT2D eigenvalue weighted by Gasteiger charge is -2.18. The molecule has 2 N–H and O–H groups in total. The van der Waals surface area contributed by atoms with Crippen LogP contribution >= 0.6 is 0 Å². The minimum absolute atomic E-state index is 0.0320. The average Bonchev–Trinajstić information content (AvgIpc) is 1.59.